The maximum Gasteiger partial charge on any atom is 0.140 e. The van der Waals surface area contributed by atoms with Crippen LogP contribution in [0, 0.1) is 5.92 Å². The highest BCUT2D eigenvalue weighted by Gasteiger charge is 2.23. The number of hydrogen-bond acceptors (Lipinski definition) is 3. The second kappa shape index (κ2) is 5.64. The van der Waals surface area contributed by atoms with Crippen molar-refractivity contribution in [3.8, 4) is 0 Å². The molecule has 5 heteroatoms. The van der Waals surface area contributed by atoms with Crippen LogP contribution in [0.3, 0.4) is 0 Å². The molecule has 1 aromatic heterocycles. The van der Waals surface area contributed by atoms with Crippen LogP contribution in [0.2, 0.25) is 0 Å². The number of nitrogens with zero attached hydrogens (tertiary/aromatic N) is 3. The van der Waals surface area contributed by atoms with Gasteiger partial charge >= 0.3 is 0 Å². The zero-order valence-electron chi connectivity index (χ0n) is 9.69. The van der Waals surface area contributed by atoms with Gasteiger partial charge in [-0.1, -0.05) is 12.8 Å². The van der Waals surface area contributed by atoms with E-state index in [1.165, 1.54) is 25.7 Å². The minimum absolute atomic E-state index is 0.544. The van der Waals surface area contributed by atoms with Crippen molar-refractivity contribution in [2.75, 3.05) is 5.88 Å². The van der Waals surface area contributed by atoms with Gasteiger partial charge in [0.1, 0.15) is 12.2 Å². The monoisotopic (exact) mass is 242 g/mol. The Labute approximate surface area is 101 Å². The summed E-state index contributed by atoms with van der Waals surface area (Å²) in [5.41, 5.74) is 0. The molecule has 16 heavy (non-hydrogen) atoms. The van der Waals surface area contributed by atoms with Gasteiger partial charge in [0.15, 0.2) is 0 Å². The predicted octanol–water partition coefficient (Wildman–Crippen LogP) is 1.70. The molecule has 0 spiro atoms. The van der Waals surface area contributed by atoms with Crippen LogP contribution in [0.1, 0.15) is 31.5 Å². The Kier molecular flexibility index (Phi) is 4.18. The number of rotatable bonds is 4. The van der Waals surface area contributed by atoms with Crippen molar-refractivity contribution in [3.05, 3.63) is 12.2 Å². The Bertz CT molecular complexity index is 326. The summed E-state index contributed by atoms with van der Waals surface area (Å²) in [6, 6.07) is 0.544. The van der Waals surface area contributed by atoms with Crippen molar-refractivity contribution in [1.82, 2.24) is 20.1 Å². The second-order valence-electron chi connectivity index (χ2n) is 4.49. The Morgan fingerprint density at radius 3 is 3.00 bits per heavy atom. The third-order valence-corrected chi connectivity index (χ3v) is 3.83. The molecule has 1 aliphatic rings. The van der Waals surface area contributed by atoms with E-state index >= 15 is 0 Å². The van der Waals surface area contributed by atoms with E-state index in [1.54, 1.807) is 6.33 Å². The predicted molar refractivity (Wildman–Crippen MR) is 64.3 cm³/mol. The van der Waals surface area contributed by atoms with Crippen LogP contribution in [0.5, 0.6) is 0 Å². The highest BCUT2D eigenvalue weighted by molar-refractivity contribution is 6.18. The van der Waals surface area contributed by atoms with Gasteiger partial charge in [-0.3, -0.25) is 4.68 Å². The third-order valence-electron chi connectivity index (χ3n) is 3.43. The van der Waals surface area contributed by atoms with Gasteiger partial charge in [0, 0.05) is 19.0 Å². The summed E-state index contributed by atoms with van der Waals surface area (Å²) in [5, 5.41) is 7.62. The van der Waals surface area contributed by atoms with Crippen LogP contribution in [0.25, 0.3) is 0 Å². The molecule has 2 unspecified atom stereocenters. The summed E-state index contributed by atoms with van der Waals surface area (Å²) in [5.74, 6) is 2.36. The Hall–Kier alpha value is -0.610. The molecule has 0 bridgehead atoms. The standard InChI is InChI=1S/C11H19ClN4/c1-16-11(14-8-15-16)7-13-10-5-3-2-4-9(10)6-12/h8-10,13H,2-7H2,1H3. The molecule has 0 aromatic carbocycles. The summed E-state index contributed by atoms with van der Waals surface area (Å²) >= 11 is 5.99. The van der Waals surface area contributed by atoms with Crippen LogP contribution < -0.4 is 5.32 Å². The van der Waals surface area contributed by atoms with Gasteiger partial charge in [-0.25, -0.2) is 4.98 Å². The van der Waals surface area contributed by atoms with E-state index in [1.807, 2.05) is 11.7 Å². The average Bonchev–Trinajstić information content (AvgIpc) is 2.72. The maximum absolute atomic E-state index is 5.99. The van der Waals surface area contributed by atoms with E-state index in [4.69, 9.17) is 11.6 Å². The van der Waals surface area contributed by atoms with Crippen LogP contribution in [-0.4, -0.2) is 26.7 Å². The molecule has 1 aliphatic carbocycles. The average molecular weight is 243 g/mol. The lowest BCUT2D eigenvalue weighted by Crippen LogP contribution is -2.39. The van der Waals surface area contributed by atoms with Crippen LogP contribution in [0.4, 0.5) is 0 Å². The fraction of sp³-hybridized carbons (Fsp3) is 0.818. The molecule has 90 valence electrons. The van der Waals surface area contributed by atoms with Crippen molar-refractivity contribution >= 4 is 11.6 Å². The molecule has 1 N–H and O–H groups in total. The fourth-order valence-electron chi connectivity index (χ4n) is 2.36. The molecule has 2 rings (SSSR count). The van der Waals surface area contributed by atoms with Crippen LogP contribution in [0.15, 0.2) is 6.33 Å². The second-order valence-corrected chi connectivity index (χ2v) is 4.79. The summed E-state index contributed by atoms with van der Waals surface area (Å²) in [4.78, 5) is 4.21. The summed E-state index contributed by atoms with van der Waals surface area (Å²) in [6.07, 6.45) is 6.70. The van der Waals surface area contributed by atoms with Gasteiger partial charge < -0.3 is 5.32 Å². The lowest BCUT2D eigenvalue weighted by Gasteiger charge is -2.30. The zero-order chi connectivity index (χ0) is 11.4. The van der Waals surface area contributed by atoms with E-state index < -0.39 is 0 Å². The Morgan fingerprint density at radius 1 is 1.50 bits per heavy atom. The fourth-order valence-corrected chi connectivity index (χ4v) is 2.73. The lowest BCUT2D eigenvalue weighted by molar-refractivity contribution is 0.279. The molecule has 0 aliphatic heterocycles. The molecule has 4 nitrogen and oxygen atoms in total. The van der Waals surface area contributed by atoms with E-state index in [-0.39, 0.29) is 0 Å². The van der Waals surface area contributed by atoms with Crippen LogP contribution in [-0.2, 0) is 13.6 Å². The summed E-state index contributed by atoms with van der Waals surface area (Å²) in [6.45, 7) is 0.786. The summed E-state index contributed by atoms with van der Waals surface area (Å²) < 4.78 is 1.81. The number of halogens is 1. The highest BCUT2D eigenvalue weighted by atomic mass is 35.5. The van der Waals surface area contributed by atoms with Gasteiger partial charge in [0.2, 0.25) is 0 Å². The minimum Gasteiger partial charge on any atom is -0.307 e. The molecular weight excluding hydrogens is 224 g/mol. The summed E-state index contributed by atoms with van der Waals surface area (Å²) in [7, 11) is 1.92. The molecular formula is C11H19ClN4. The number of hydrogen-bond donors (Lipinski definition) is 1. The molecule has 0 saturated heterocycles. The first-order chi connectivity index (χ1) is 7.81. The molecule has 1 saturated carbocycles. The van der Waals surface area contributed by atoms with E-state index in [0.29, 0.717) is 12.0 Å². The highest BCUT2D eigenvalue weighted by Crippen LogP contribution is 2.25. The van der Waals surface area contributed by atoms with Crippen molar-refractivity contribution in [2.24, 2.45) is 13.0 Å². The van der Waals surface area contributed by atoms with Gasteiger partial charge in [0.25, 0.3) is 0 Å². The lowest BCUT2D eigenvalue weighted by atomic mass is 9.86. The van der Waals surface area contributed by atoms with Gasteiger partial charge in [-0.05, 0) is 18.8 Å². The number of aryl methyl sites for hydroxylation is 1. The number of alkyl halides is 1. The van der Waals surface area contributed by atoms with Crippen LogP contribution >= 0.6 is 11.6 Å². The molecule has 0 amide bonds. The molecule has 2 atom stereocenters. The van der Waals surface area contributed by atoms with Crippen molar-refractivity contribution in [3.63, 3.8) is 0 Å². The third kappa shape index (κ3) is 2.74. The molecule has 1 fully saturated rings. The van der Waals surface area contributed by atoms with Gasteiger partial charge in [-0.2, -0.15) is 5.10 Å². The smallest absolute Gasteiger partial charge is 0.140 e. The Balaban J connectivity index is 1.86. The largest absolute Gasteiger partial charge is 0.307 e. The van der Waals surface area contributed by atoms with Gasteiger partial charge in [-0.15, -0.1) is 11.6 Å². The normalized spacial score (nSPS) is 25.9. The van der Waals surface area contributed by atoms with E-state index in [0.717, 1.165) is 18.2 Å². The molecule has 1 aromatic rings. The number of nitrogens with one attached hydrogen (secondary N) is 1. The van der Waals surface area contributed by atoms with E-state index in [9.17, 15) is 0 Å². The Morgan fingerprint density at radius 2 is 2.31 bits per heavy atom. The minimum atomic E-state index is 0.544. The number of aromatic nitrogens is 3. The van der Waals surface area contributed by atoms with Crippen molar-refractivity contribution in [2.45, 2.75) is 38.3 Å². The van der Waals surface area contributed by atoms with E-state index in [2.05, 4.69) is 15.4 Å². The van der Waals surface area contributed by atoms with Crippen molar-refractivity contribution in [1.29, 1.82) is 0 Å². The maximum atomic E-state index is 5.99. The topological polar surface area (TPSA) is 42.7 Å². The molecule has 1 heterocycles. The SMILES string of the molecule is Cn1ncnc1CNC1CCCCC1CCl. The first-order valence-corrected chi connectivity index (χ1v) is 6.47. The zero-order valence-corrected chi connectivity index (χ0v) is 10.5. The van der Waals surface area contributed by atoms with Crippen molar-refractivity contribution < 1.29 is 0 Å². The van der Waals surface area contributed by atoms with Gasteiger partial charge in [0.05, 0.1) is 6.54 Å². The quantitative estimate of drug-likeness (QED) is 0.818. The first-order valence-electron chi connectivity index (χ1n) is 5.93. The molecule has 0 radical (unpaired) electrons. The first kappa shape index (κ1) is 11.9.